The van der Waals surface area contributed by atoms with Gasteiger partial charge in [0.2, 0.25) is 0 Å². The highest BCUT2D eigenvalue weighted by atomic mass is 19.1. The smallest absolute Gasteiger partial charge is 0.113 e. The van der Waals surface area contributed by atoms with Crippen molar-refractivity contribution in [3.8, 4) is 6.07 Å². The van der Waals surface area contributed by atoms with Crippen LogP contribution in [0.15, 0.2) is 0 Å². The van der Waals surface area contributed by atoms with Gasteiger partial charge < -0.3 is 0 Å². The third-order valence-corrected chi connectivity index (χ3v) is 0.756. The van der Waals surface area contributed by atoms with Crippen molar-refractivity contribution in [1.29, 1.82) is 5.26 Å². The summed E-state index contributed by atoms with van der Waals surface area (Å²) in [6.45, 7) is 1.72. The second-order valence-corrected chi connectivity index (χ2v) is 1.37. The topological polar surface area (TPSA) is 23.8 Å². The van der Waals surface area contributed by atoms with E-state index in [9.17, 15) is 4.39 Å². The Morgan fingerprint density at radius 3 is 2.57 bits per heavy atom. The van der Waals surface area contributed by atoms with Crippen LogP contribution in [-0.2, 0) is 0 Å². The highest BCUT2D eigenvalue weighted by Crippen LogP contribution is 1.99. The zero-order valence-corrected chi connectivity index (χ0v) is 4.32. The minimum absolute atomic E-state index is 0.0382. The summed E-state index contributed by atoms with van der Waals surface area (Å²) in [5.41, 5.74) is 0. The van der Waals surface area contributed by atoms with Crippen molar-refractivity contribution in [2.24, 2.45) is 0 Å². The Hall–Kier alpha value is -0.580. The van der Waals surface area contributed by atoms with E-state index in [0.717, 1.165) is 0 Å². The van der Waals surface area contributed by atoms with E-state index in [1.165, 1.54) is 0 Å². The van der Waals surface area contributed by atoms with E-state index in [1.807, 2.05) is 0 Å². The molecule has 0 rings (SSSR count). The molecule has 1 atom stereocenters. The molecule has 40 valence electrons. The fourth-order valence-corrected chi connectivity index (χ4v) is 0.243. The molecule has 2 heteroatoms. The van der Waals surface area contributed by atoms with Gasteiger partial charge in [0.25, 0.3) is 0 Å². The molecule has 7 heavy (non-hydrogen) atoms. The van der Waals surface area contributed by atoms with Gasteiger partial charge in [0.1, 0.15) is 6.17 Å². The third-order valence-electron chi connectivity index (χ3n) is 0.756. The Bertz CT molecular complexity index is 74.6. The van der Waals surface area contributed by atoms with E-state index in [2.05, 4.69) is 0 Å². The number of rotatable bonds is 2. The molecule has 0 heterocycles. The summed E-state index contributed by atoms with van der Waals surface area (Å²) in [6, 6.07) is 1.74. The van der Waals surface area contributed by atoms with Crippen molar-refractivity contribution >= 4 is 0 Å². The maximum absolute atomic E-state index is 11.9. The van der Waals surface area contributed by atoms with Gasteiger partial charge in [0.15, 0.2) is 0 Å². The van der Waals surface area contributed by atoms with E-state index in [-0.39, 0.29) is 6.42 Å². The van der Waals surface area contributed by atoms with E-state index < -0.39 is 6.17 Å². The van der Waals surface area contributed by atoms with Crippen molar-refractivity contribution in [2.75, 3.05) is 0 Å². The molecule has 0 radical (unpaired) electrons. The summed E-state index contributed by atoms with van der Waals surface area (Å²) in [5.74, 6) is 0. The molecule has 0 aliphatic rings. The lowest BCUT2D eigenvalue weighted by Gasteiger charge is -1.92. The van der Waals surface area contributed by atoms with Crippen molar-refractivity contribution in [2.45, 2.75) is 25.9 Å². The molecular weight excluding hydrogens is 93.1 g/mol. The zero-order valence-electron chi connectivity index (χ0n) is 4.32. The number of hydrogen-bond donors (Lipinski definition) is 0. The number of alkyl halides is 1. The normalized spacial score (nSPS) is 12.7. The van der Waals surface area contributed by atoms with Gasteiger partial charge in [0.05, 0.1) is 12.5 Å². The van der Waals surface area contributed by atoms with Gasteiger partial charge in [-0.2, -0.15) is 5.26 Å². The first-order valence-corrected chi connectivity index (χ1v) is 2.32. The van der Waals surface area contributed by atoms with Crippen LogP contribution in [0.4, 0.5) is 4.39 Å². The Kier molecular flexibility index (Phi) is 3.31. The van der Waals surface area contributed by atoms with E-state index in [4.69, 9.17) is 5.26 Å². The lowest BCUT2D eigenvalue weighted by atomic mass is 10.2. The second kappa shape index (κ2) is 3.60. The number of nitriles is 1. The van der Waals surface area contributed by atoms with Crippen LogP contribution in [0.25, 0.3) is 0 Å². The monoisotopic (exact) mass is 101 g/mol. The van der Waals surface area contributed by atoms with E-state index >= 15 is 0 Å². The Morgan fingerprint density at radius 2 is 2.43 bits per heavy atom. The molecule has 0 aromatic rings. The standard InChI is InChI=1S/C5H8FN/c1-2-5(6)3-4-7/h5H,2-3H2,1H3. The van der Waals surface area contributed by atoms with Crippen LogP contribution in [0.2, 0.25) is 0 Å². The van der Waals surface area contributed by atoms with Crippen LogP contribution in [0.3, 0.4) is 0 Å². The van der Waals surface area contributed by atoms with Gasteiger partial charge in [-0.1, -0.05) is 6.92 Å². The van der Waals surface area contributed by atoms with Gasteiger partial charge in [-0.25, -0.2) is 4.39 Å². The molecule has 0 saturated heterocycles. The van der Waals surface area contributed by atoms with Crippen LogP contribution >= 0.6 is 0 Å². The van der Waals surface area contributed by atoms with Gasteiger partial charge in [-0.05, 0) is 6.42 Å². The van der Waals surface area contributed by atoms with Crippen molar-refractivity contribution in [3.63, 3.8) is 0 Å². The summed E-state index contributed by atoms with van der Waals surface area (Å²) in [7, 11) is 0. The summed E-state index contributed by atoms with van der Waals surface area (Å²) in [6.07, 6.45) is -0.422. The summed E-state index contributed by atoms with van der Waals surface area (Å²) in [4.78, 5) is 0. The largest absolute Gasteiger partial charge is 0.246 e. The Labute approximate surface area is 42.8 Å². The molecule has 0 amide bonds. The molecule has 0 aliphatic carbocycles. The molecule has 0 N–H and O–H groups in total. The molecule has 0 aromatic carbocycles. The van der Waals surface area contributed by atoms with Crippen LogP contribution < -0.4 is 0 Å². The first-order valence-electron chi connectivity index (χ1n) is 2.32. The maximum Gasteiger partial charge on any atom is 0.113 e. The zero-order chi connectivity index (χ0) is 5.70. The Morgan fingerprint density at radius 1 is 1.86 bits per heavy atom. The lowest BCUT2D eigenvalue weighted by Crippen LogP contribution is -1.93. The van der Waals surface area contributed by atoms with Gasteiger partial charge in [0, 0.05) is 0 Å². The third kappa shape index (κ3) is 3.24. The molecule has 0 fully saturated rings. The minimum Gasteiger partial charge on any atom is -0.246 e. The molecule has 0 saturated carbocycles. The van der Waals surface area contributed by atoms with Gasteiger partial charge in [-0.3, -0.25) is 0 Å². The average Bonchev–Trinajstić information content (AvgIpc) is 1.68. The van der Waals surface area contributed by atoms with Crippen LogP contribution in [-0.4, -0.2) is 6.17 Å². The molecule has 0 aliphatic heterocycles. The summed E-state index contributed by atoms with van der Waals surface area (Å²) in [5, 5.41) is 7.88. The average molecular weight is 101 g/mol. The summed E-state index contributed by atoms with van der Waals surface area (Å²) >= 11 is 0. The predicted octanol–water partition coefficient (Wildman–Crippen LogP) is 1.65. The van der Waals surface area contributed by atoms with Crippen LogP contribution in [0, 0.1) is 11.3 Å². The Balaban J connectivity index is 3.03. The van der Waals surface area contributed by atoms with Crippen molar-refractivity contribution in [1.82, 2.24) is 0 Å². The molecule has 0 aromatic heterocycles. The highest BCUT2D eigenvalue weighted by Gasteiger charge is 1.98. The highest BCUT2D eigenvalue weighted by molar-refractivity contribution is 4.73. The molecular formula is C5H8FN. The predicted molar refractivity (Wildman–Crippen MR) is 25.4 cm³/mol. The van der Waals surface area contributed by atoms with Crippen molar-refractivity contribution in [3.05, 3.63) is 0 Å². The SMILES string of the molecule is CCC(F)CC#N. The minimum atomic E-state index is -0.912. The molecule has 1 nitrogen and oxygen atoms in total. The lowest BCUT2D eigenvalue weighted by molar-refractivity contribution is 0.330. The van der Waals surface area contributed by atoms with E-state index in [0.29, 0.717) is 6.42 Å². The van der Waals surface area contributed by atoms with Crippen molar-refractivity contribution < 1.29 is 4.39 Å². The molecule has 0 bridgehead atoms. The fourth-order valence-electron chi connectivity index (χ4n) is 0.243. The van der Waals surface area contributed by atoms with E-state index in [1.54, 1.807) is 13.0 Å². The van der Waals surface area contributed by atoms with Crippen LogP contribution in [0.5, 0.6) is 0 Å². The van der Waals surface area contributed by atoms with Crippen LogP contribution in [0.1, 0.15) is 19.8 Å². The number of halogens is 1. The number of hydrogen-bond acceptors (Lipinski definition) is 1. The van der Waals surface area contributed by atoms with Gasteiger partial charge >= 0.3 is 0 Å². The summed E-state index contributed by atoms with van der Waals surface area (Å²) < 4.78 is 11.9. The number of nitrogens with zero attached hydrogens (tertiary/aromatic N) is 1. The second-order valence-electron chi connectivity index (χ2n) is 1.37. The first-order chi connectivity index (χ1) is 3.31. The quantitative estimate of drug-likeness (QED) is 0.518. The first kappa shape index (κ1) is 6.42. The fraction of sp³-hybridized carbons (Fsp3) is 0.800. The maximum atomic E-state index is 11.9. The molecule has 1 unspecified atom stereocenters. The molecule has 0 spiro atoms. The van der Waals surface area contributed by atoms with Gasteiger partial charge in [-0.15, -0.1) is 0 Å².